The van der Waals surface area contributed by atoms with Crippen LogP contribution in [-0.4, -0.2) is 7.05 Å². The molecule has 0 saturated carbocycles. The summed E-state index contributed by atoms with van der Waals surface area (Å²) in [5.74, 6) is -0.858. The van der Waals surface area contributed by atoms with Crippen LogP contribution in [0.15, 0.2) is 40.9 Å². The van der Waals surface area contributed by atoms with Crippen LogP contribution >= 0.6 is 27.5 Å². The molecular weight excluding hydrogens is 336 g/mol. The van der Waals surface area contributed by atoms with Gasteiger partial charge in [-0.15, -0.1) is 0 Å². The van der Waals surface area contributed by atoms with Crippen LogP contribution in [0.2, 0.25) is 5.02 Å². The maximum atomic E-state index is 13.9. The predicted octanol–water partition coefficient (Wildman–Crippen LogP) is 4.69. The molecule has 0 spiro atoms. The molecule has 0 radical (unpaired) electrons. The van der Waals surface area contributed by atoms with E-state index in [0.29, 0.717) is 16.1 Å². The second-order valence-electron chi connectivity index (χ2n) is 4.05. The lowest BCUT2D eigenvalue weighted by Crippen LogP contribution is -2.20. The highest BCUT2D eigenvalue weighted by molar-refractivity contribution is 9.10. The second-order valence-corrected chi connectivity index (χ2v) is 5.41. The van der Waals surface area contributed by atoms with Gasteiger partial charge < -0.3 is 5.32 Å². The molecule has 0 amide bonds. The number of halogens is 4. The van der Waals surface area contributed by atoms with Crippen LogP contribution in [-0.2, 0) is 0 Å². The summed E-state index contributed by atoms with van der Waals surface area (Å²) in [6.45, 7) is 0. The van der Waals surface area contributed by atoms with E-state index in [2.05, 4.69) is 21.2 Å². The van der Waals surface area contributed by atoms with Crippen LogP contribution in [0.1, 0.15) is 17.2 Å². The summed E-state index contributed by atoms with van der Waals surface area (Å²) in [5.41, 5.74) is 0.724. The molecule has 0 fully saturated rings. The first-order valence-corrected chi connectivity index (χ1v) is 6.77. The Labute approximate surface area is 123 Å². The Kier molecular flexibility index (Phi) is 4.55. The minimum absolute atomic E-state index is 0.311. The third-order valence-corrected chi connectivity index (χ3v) is 3.56. The molecule has 1 N–H and O–H groups in total. The minimum atomic E-state index is -0.574. The zero-order chi connectivity index (χ0) is 14.0. The van der Waals surface area contributed by atoms with Crippen LogP contribution in [0.5, 0.6) is 0 Å². The van der Waals surface area contributed by atoms with Gasteiger partial charge in [0.2, 0.25) is 0 Å². The quantitative estimate of drug-likeness (QED) is 0.850. The maximum absolute atomic E-state index is 13.9. The first-order chi connectivity index (χ1) is 9.02. The van der Waals surface area contributed by atoms with E-state index in [0.717, 1.165) is 4.47 Å². The number of hydrogen-bond donors (Lipinski definition) is 1. The Morgan fingerprint density at radius 2 is 1.79 bits per heavy atom. The van der Waals surface area contributed by atoms with Crippen molar-refractivity contribution >= 4 is 27.5 Å². The first kappa shape index (κ1) is 14.4. The molecule has 0 aliphatic rings. The summed E-state index contributed by atoms with van der Waals surface area (Å²) in [7, 11) is 1.65. The monoisotopic (exact) mass is 345 g/mol. The fraction of sp³-hybridized carbons (Fsp3) is 0.143. The molecule has 2 rings (SSSR count). The smallest absolute Gasteiger partial charge is 0.129 e. The minimum Gasteiger partial charge on any atom is -0.309 e. The van der Waals surface area contributed by atoms with Gasteiger partial charge in [-0.05, 0) is 37.4 Å². The highest BCUT2D eigenvalue weighted by atomic mass is 79.9. The van der Waals surface area contributed by atoms with Crippen molar-refractivity contribution in [3.8, 4) is 0 Å². The molecular formula is C14H11BrClF2N. The first-order valence-electron chi connectivity index (χ1n) is 5.60. The number of hydrogen-bond acceptors (Lipinski definition) is 1. The van der Waals surface area contributed by atoms with Gasteiger partial charge in [-0.25, -0.2) is 8.78 Å². The lowest BCUT2D eigenvalue weighted by atomic mass is 9.98. The van der Waals surface area contributed by atoms with E-state index in [1.807, 2.05) is 0 Å². The molecule has 0 aliphatic carbocycles. The molecule has 5 heteroatoms. The van der Waals surface area contributed by atoms with Crippen LogP contribution in [0.4, 0.5) is 8.78 Å². The molecule has 19 heavy (non-hydrogen) atoms. The van der Waals surface area contributed by atoms with Crippen molar-refractivity contribution < 1.29 is 8.78 Å². The molecule has 2 aromatic carbocycles. The molecule has 1 nitrogen and oxygen atoms in total. The Hall–Kier alpha value is -0.970. The molecule has 100 valence electrons. The molecule has 1 atom stereocenters. The zero-order valence-electron chi connectivity index (χ0n) is 10.1. The van der Waals surface area contributed by atoms with Crippen molar-refractivity contribution in [1.29, 1.82) is 0 Å². The summed E-state index contributed by atoms with van der Waals surface area (Å²) in [6, 6.07) is 8.36. The summed E-state index contributed by atoms with van der Waals surface area (Å²) in [4.78, 5) is 0. The van der Waals surface area contributed by atoms with E-state index in [-0.39, 0.29) is 0 Å². The third kappa shape index (κ3) is 3.14. The SMILES string of the molecule is CNC(c1ccc(Cl)cc1F)c1cc(Br)ccc1F. The molecule has 0 heterocycles. The topological polar surface area (TPSA) is 12.0 Å². The molecule has 1 unspecified atom stereocenters. The van der Waals surface area contributed by atoms with Crippen molar-refractivity contribution in [3.63, 3.8) is 0 Å². The molecule has 0 bridgehead atoms. The van der Waals surface area contributed by atoms with Crippen molar-refractivity contribution in [2.24, 2.45) is 0 Å². The van der Waals surface area contributed by atoms with E-state index in [1.165, 1.54) is 12.1 Å². The van der Waals surface area contributed by atoms with Gasteiger partial charge in [0.15, 0.2) is 0 Å². The van der Waals surface area contributed by atoms with Gasteiger partial charge in [0.1, 0.15) is 11.6 Å². The summed E-state index contributed by atoms with van der Waals surface area (Å²) < 4.78 is 28.6. The van der Waals surface area contributed by atoms with Gasteiger partial charge >= 0.3 is 0 Å². The molecule has 0 aliphatic heterocycles. The van der Waals surface area contributed by atoms with Crippen LogP contribution < -0.4 is 5.32 Å². The van der Waals surface area contributed by atoms with Crippen molar-refractivity contribution in [2.75, 3.05) is 7.05 Å². The van der Waals surface area contributed by atoms with Crippen molar-refractivity contribution in [3.05, 3.63) is 68.7 Å². The number of benzene rings is 2. The van der Waals surface area contributed by atoms with Crippen molar-refractivity contribution in [1.82, 2.24) is 5.32 Å². The van der Waals surface area contributed by atoms with E-state index in [1.54, 1.807) is 31.3 Å². The van der Waals surface area contributed by atoms with E-state index in [9.17, 15) is 8.78 Å². The molecule has 0 aromatic heterocycles. The van der Waals surface area contributed by atoms with Crippen LogP contribution in [0.25, 0.3) is 0 Å². The van der Waals surface area contributed by atoms with Gasteiger partial charge in [-0.3, -0.25) is 0 Å². The van der Waals surface area contributed by atoms with Crippen molar-refractivity contribution in [2.45, 2.75) is 6.04 Å². The van der Waals surface area contributed by atoms with Gasteiger partial charge in [-0.1, -0.05) is 33.6 Å². The Balaban J connectivity index is 2.52. The highest BCUT2D eigenvalue weighted by Gasteiger charge is 2.20. The largest absolute Gasteiger partial charge is 0.309 e. The average molecular weight is 347 g/mol. The fourth-order valence-corrected chi connectivity index (χ4v) is 2.49. The summed E-state index contributed by atoms with van der Waals surface area (Å²) in [6.07, 6.45) is 0. The Morgan fingerprint density at radius 1 is 1.05 bits per heavy atom. The number of nitrogens with one attached hydrogen (secondary N) is 1. The standard InChI is InChI=1S/C14H11BrClF2N/c1-19-14(10-4-3-9(16)7-13(10)18)11-6-8(15)2-5-12(11)17/h2-7,14,19H,1H3. The number of rotatable bonds is 3. The van der Waals surface area contributed by atoms with E-state index < -0.39 is 17.7 Å². The Bertz CT molecular complexity index is 604. The van der Waals surface area contributed by atoms with E-state index >= 15 is 0 Å². The predicted molar refractivity (Wildman–Crippen MR) is 76.4 cm³/mol. The lowest BCUT2D eigenvalue weighted by molar-refractivity contribution is 0.546. The maximum Gasteiger partial charge on any atom is 0.129 e. The zero-order valence-corrected chi connectivity index (χ0v) is 12.4. The normalized spacial score (nSPS) is 12.5. The third-order valence-electron chi connectivity index (χ3n) is 2.83. The summed E-state index contributed by atoms with van der Waals surface area (Å²) in [5, 5.41) is 3.23. The Morgan fingerprint density at radius 3 is 2.42 bits per heavy atom. The van der Waals surface area contributed by atoms with Crippen LogP contribution in [0, 0.1) is 11.6 Å². The van der Waals surface area contributed by atoms with E-state index in [4.69, 9.17) is 11.6 Å². The van der Waals surface area contributed by atoms with Gasteiger partial charge in [-0.2, -0.15) is 0 Å². The highest BCUT2D eigenvalue weighted by Crippen LogP contribution is 2.29. The van der Waals surface area contributed by atoms with Gasteiger partial charge in [0, 0.05) is 20.6 Å². The molecule has 2 aromatic rings. The second kappa shape index (κ2) is 5.99. The van der Waals surface area contributed by atoms with Crippen LogP contribution in [0.3, 0.4) is 0 Å². The fourth-order valence-electron chi connectivity index (χ4n) is 1.95. The lowest BCUT2D eigenvalue weighted by Gasteiger charge is -2.19. The molecule has 0 saturated heterocycles. The average Bonchev–Trinajstić information content (AvgIpc) is 2.36. The van der Waals surface area contributed by atoms with Gasteiger partial charge in [0.25, 0.3) is 0 Å². The summed E-state index contributed by atoms with van der Waals surface area (Å²) >= 11 is 9.01. The van der Waals surface area contributed by atoms with Gasteiger partial charge in [0.05, 0.1) is 6.04 Å².